The molecule has 4 fully saturated rings. The highest BCUT2D eigenvalue weighted by molar-refractivity contribution is 9.11. The smallest absolute Gasteiger partial charge is 0.410 e. The molecular formula is C57H68Br4Cl2N6O4. The molecule has 4 aliphatic heterocycles. The van der Waals surface area contributed by atoms with Crippen LogP contribution in [0.2, 0.25) is 10.0 Å². The highest BCUT2D eigenvalue weighted by Gasteiger charge is 2.39. The van der Waals surface area contributed by atoms with E-state index in [1.165, 1.54) is 39.1 Å². The van der Waals surface area contributed by atoms with E-state index in [-0.39, 0.29) is 23.8 Å². The number of aryl methyl sites for hydroxylation is 4. The molecule has 0 unspecified atom stereocenters. The lowest BCUT2D eigenvalue weighted by molar-refractivity contribution is -0.134. The van der Waals surface area contributed by atoms with Crippen molar-refractivity contribution in [3.05, 3.63) is 121 Å². The minimum Gasteiger partial charge on any atom is -0.444 e. The number of amides is 3. The maximum atomic E-state index is 13.3. The Morgan fingerprint density at radius 2 is 0.973 bits per heavy atom. The van der Waals surface area contributed by atoms with Crippen molar-refractivity contribution in [3.63, 3.8) is 0 Å². The number of carbonyl (C=O) groups is 3. The highest BCUT2D eigenvalue weighted by Crippen LogP contribution is 2.48. The summed E-state index contributed by atoms with van der Waals surface area (Å²) >= 11 is 27.8. The fraction of sp³-hybridized carbons (Fsp3) is 0.561. The summed E-state index contributed by atoms with van der Waals surface area (Å²) in [7, 11) is 0. The summed E-state index contributed by atoms with van der Waals surface area (Å²) in [6.07, 6.45) is 16.5. The van der Waals surface area contributed by atoms with Crippen LogP contribution >= 0.6 is 86.9 Å². The van der Waals surface area contributed by atoms with Gasteiger partial charge in [-0.15, -0.1) is 0 Å². The molecule has 10 rings (SSSR count). The first-order chi connectivity index (χ1) is 35.0. The third kappa shape index (κ3) is 13.6. The Hall–Kier alpha value is -2.59. The van der Waals surface area contributed by atoms with E-state index in [1.54, 1.807) is 4.90 Å². The van der Waals surface area contributed by atoms with Gasteiger partial charge in [-0.25, -0.2) is 4.79 Å². The van der Waals surface area contributed by atoms with Gasteiger partial charge in [0, 0.05) is 104 Å². The van der Waals surface area contributed by atoms with Crippen LogP contribution in [0, 0.1) is 23.7 Å². The minimum atomic E-state index is -0.493. The van der Waals surface area contributed by atoms with Gasteiger partial charge in [0.2, 0.25) is 11.8 Å². The number of fused-ring (bicyclic) bond motifs is 4. The summed E-state index contributed by atoms with van der Waals surface area (Å²) in [5.41, 5.74) is 9.71. The lowest BCUT2D eigenvalue weighted by Gasteiger charge is -2.38. The SMILES string of the molecule is CC(C)(C)OC(=O)N1CCC(CC(=O)N2CCC([C@H]3c4ncc(Br)cc4CCc4cc(Cl)cc(Br)c43)CC2)CC1.O=C(CC1CCNCC1)N1CCC([C@H]2c3ncc(Br)cc3CCc3cc(Cl)cc(Br)c32)CC1. The van der Waals surface area contributed by atoms with Gasteiger partial charge in [-0.05, 0) is 236 Å². The number of aromatic nitrogens is 2. The van der Waals surface area contributed by atoms with Gasteiger partial charge >= 0.3 is 6.09 Å². The molecule has 2 aromatic carbocycles. The van der Waals surface area contributed by atoms with E-state index in [0.717, 1.165) is 150 Å². The summed E-state index contributed by atoms with van der Waals surface area (Å²) in [4.78, 5) is 54.5. The van der Waals surface area contributed by atoms with Crippen LogP contribution in [-0.2, 0) is 40.0 Å². The molecule has 0 saturated carbocycles. The van der Waals surface area contributed by atoms with Crippen molar-refractivity contribution in [2.24, 2.45) is 23.7 Å². The molecule has 16 heteroatoms. The maximum absolute atomic E-state index is 13.3. The molecule has 2 atom stereocenters. The number of likely N-dealkylation sites (tertiary alicyclic amines) is 3. The quantitative estimate of drug-likeness (QED) is 0.205. The third-order valence-corrected chi connectivity index (χ3v) is 18.8. The zero-order valence-electron chi connectivity index (χ0n) is 42.3. The normalized spacial score (nSPS) is 21.1. The summed E-state index contributed by atoms with van der Waals surface area (Å²) in [6.45, 7) is 12.3. The maximum Gasteiger partial charge on any atom is 0.410 e. The van der Waals surface area contributed by atoms with Gasteiger partial charge in [-0.1, -0.05) is 55.1 Å². The number of pyridine rings is 2. The molecule has 4 saturated heterocycles. The zero-order chi connectivity index (χ0) is 51.6. The molecule has 0 bridgehead atoms. The number of nitrogens with zero attached hydrogens (tertiary/aromatic N) is 5. The molecular weight excluding hydrogens is 1220 g/mol. The monoisotopic (exact) mass is 1290 g/mol. The molecule has 3 amide bonds. The van der Waals surface area contributed by atoms with Crippen LogP contribution in [0.4, 0.5) is 4.79 Å². The number of halogens is 6. The topological polar surface area (TPSA) is 108 Å². The fourth-order valence-corrected chi connectivity index (χ4v) is 15.5. The third-order valence-electron chi connectivity index (χ3n) is 16.2. The first-order valence-corrected chi connectivity index (χ1v) is 30.4. The van der Waals surface area contributed by atoms with Crippen molar-refractivity contribution < 1.29 is 19.1 Å². The van der Waals surface area contributed by atoms with Gasteiger partial charge < -0.3 is 24.8 Å². The number of benzene rings is 2. The Labute approximate surface area is 475 Å². The first kappa shape index (κ1) is 55.2. The minimum absolute atomic E-state index is 0.168. The Bertz CT molecular complexity index is 2660. The molecule has 0 radical (unpaired) electrons. The lowest BCUT2D eigenvalue weighted by atomic mass is 9.76. The van der Waals surface area contributed by atoms with E-state index in [2.05, 4.69) is 103 Å². The van der Waals surface area contributed by atoms with Gasteiger partial charge in [0.15, 0.2) is 0 Å². The number of rotatable bonds is 6. The number of hydrogen-bond donors (Lipinski definition) is 1. The molecule has 4 aromatic rings. The van der Waals surface area contributed by atoms with Gasteiger partial charge in [0.1, 0.15) is 5.60 Å². The number of piperidine rings is 4. The summed E-state index contributed by atoms with van der Waals surface area (Å²) < 4.78 is 9.68. The van der Waals surface area contributed by atoms with E-state index < -0.39 is 5.60 Å². The van der Waals surface area contributed by atoms with Crippen molar-refractivity contribution in [1.82, 2.24) is 30.0 Å². The molecule has 2 aliphatic carbocycles. The molecule has 6 heterocycles. The van der Waals surface area contributed by atoms with Crippen molar-refractivity contribution in [2.75, 3.05) is 52.4 Å². The van der Waals surface area contributed by atoms with E-state index >= 15 is 0 Å². The van der Waals surface area contributed by atoms with Crippen molar-refractivity contribution in [3.8, 4) is 0 Å². The van der Waals surface area contributed by atoms with E-state index in [1.807, 2.05) is 45.3 Å². The van der Waals surface area contributed by atoms with Crippen LogP contribution in [0.5, 0.6) is 0 Å². The predicted octanol–water partition coefficient (Wildman–Crippen LogP) is 13.9. The Kier molecular flexibility index (Phi) is 18.4. The van der Waals surface area contributed by atoms with Crippen LogP contribution < -0.4 is 5.32 Å². The number of carbonyl (C=O) groups excluding carboxylic acids is 3. The molecule has 2 aromatic heterocycles. The summed E-state index contributed by atoms with van der Waals surface area (Å²) in [5, 5.41) is 4.92. The van der Waals surface area contributed by atoms with E-state index in [9.17, 15) is 14.4 Å². The number of ether oxygens (including phenoxy) is 1. The van der Waals surface area contributed by atoms with Crippen LogP contribution in [-0.4, -0.2) is 101 Å². The Morgan fingerprint density at radius 1 is 0.575 bits per heavy atom. The van der Waals surface area contributed by atoms with E-state index in [0.29, 0.717) is 55.5 Å². The Balaban J connectivity index is 0.000000183. The van der Waals surface area contributed by atoms with Gasteiger partial charge in [0.05, 0.1) is 11.4 Å². The second-order valence-electron chi connectivity index (χ2n) is 22.2. The summed E-state index contributed by atoms with van der Waals surface area (Å²) in [5.74, 6) is 2.68. The average molecular weight is 1290 g/mol. The highest BCUT2D eigenvalue weighted by atomic mass is 79.9. The van der Waals surface area contributed by atoms with Crippen molar-refractivity contribution in [2.45, 2.75) is 128 Å². The number of nitrogens with one attached hydrogen (secondary N) is 1. The van der Waals surface area contributed by atoms with Crippen LogP contribution in [0.3, 0.4) is 0 Å². The molecule has 392 valence electrons. The molecule has 1 N–H and O–H groups in total. The van der Waals surface area contributed by atoms with E-state index in [4.69, 9.17) is 37.9 Å². The lowest BCUT2D eigenvalue weighted by Crippen LogP contribution is -2.44. The van der Waals surface area contributed by atoms with Crippen LogP contribution in [0.1, 0.15) is 142 Å². The second kappa shape index (κ2) is 24.4. The number of hydrogen-bond acceptors (Lipinski definition) is 7. The summed E-state index contributed by atoms with van der Waals surface area (Å²) in [6, 6.07) is 12.7. The average Bonchev–Trinajstić information content (AvgIpc) is 3.62. The zero-order valence-corrected chi connectivity index (χ0v) is 50.1. The largest absolute Gasteiger partial charge is 0.444 e. The first-order valence-electron chi connectivity index (χ1n) is 26.5. The molecule has 6 aliphatic rings. The molecule has 0 spiro atoms. The molecule has 10 nitrogen and oxygen atoms in total. The second-order valence-corrected chi connectivity index (χ2v) is 26.6. The van der Waals surface area contributed by atoms with Crippen molar-refractivity contribution in [1.29, 1.82) is 0 Å². The van der Waals surface area contributed by atoms with Crippen LogP contribution in [0.25, 0.3) is 0 Å². The van der Waals surface area contributed by atoms with Crippen LogP contribution in [0.15, 0.2) is 66.7 Å². The van der Waals surface area contributed by atoms with Gasteiger partial charge in [0.25, 0.3) is 0 Å². The predicted molar refractivity (Wildman–Crippen MR) is 305 cm³/mol. The van der Waals surface area contributed by atoms with Gasteiger partial charge in [-0.3, -0.25) is 19.6 Å². The van der Waals surface area contributed by atoms with Gasteiger partial charge in [-0.2, -0.15) is 0 Å². The molecule has 73 heavy (non-hydrogen) atoms. The van der Waals surface area contributed by atoms with Crippen molar-refractivity contribution >= 4 is 105 Å². The standard InChI is InChI=1S/C31H38Br2ClN3O3.C26H30Br2ClN3O/c1-31(2,3)40-30(39)37-10-6-19(7-11-37)14-26(38)36-12-8-20(9-13-36)28-27-21(16-24(34)17-25(27)33)4-5-22-15-23(32)18-35-29(22)28;27-20-12-19-2-1-18-13-21(29)14-22(28)24(18)25(26(19)31-15-20)17-5-9-32(10-6-17)23(33)11-16-3-7-30-8-4-16/h15-20,28H,4-14H2,1-3H3;12-17,25,30H,1-11H2/t28-;25-/m11/s1. The Morgan fingerprint density at radius 3 is 1.40 bits per heavy atom. The fourth-order valence-electron chi connectivity index (χ4n) is 12.5.